The zero-order valence-electron chi connectivity index (χ0n) is 13.9. The summed E-state index contributed by atoms with van der Waals surface area (Å²) < 4.78 is 0. The molecule has 0 spiro atoms. The summed E-state index contributed by atoms with van der Waals surface area (Å²) in [5.74, 6) is -0.676. The third-order valence-corrected chi connectivity index (χ3v) is 4.30. The fourth-order valence-electron chi connectivity index (χ4n) is 3.12. The van der Waals surface area contributed by atoms with Crippen LogP contribution < -0.4 is 16.8 Å². The number of benzene rings is 1. The third kappa shape index (κ3) is 4.08. The van der Waals surface area contributed by atoms with E-state index in [1.807, 2.05) is 30.3 Å². The van der Waals surface area contributed by atoms with Gasteiger partial charge in [-0.15, -0.1) is 0 Å². The number of amides is 2. The van der Waals surface area contributed by atoms with E-state index in [2.05, 4.69) is 16.0 Å². The topological polar surface area (TPSA) is 111 Å². The number of nitrogens with one attached hydrogen (secondary N) is 1. The average molecular weight is 328 g/mol. The lowest BCUT2D eigenvalue weighted by Gasteiger charge is -2.21. The molecular formula is C18H24N4O2. The highest BCUT2D eigenvalue weighted by Crippen LogP contribution is 2.27. The van der Waals surface area contributed by atoms with Gasteiger partial charge in [-0.05, 0) is 37.9 Å². The van der Waals surface area contributed by atoms with E-state index in [9.17, 15) is 9.59 Å². The van der Waals surface area contributed by atoms with Crippen molar-refractivity contribution in [3.8, 4) is 0 Å². The van der Waals surface area contributed by atoms with Crippen LogP contribution in [0.1, 0.15) is 36.2 Å². The normalized spacial score (nSPS) is 15.4. The number of hydrogen-bond donors (Lipinski definition) is 3. The highest BCUT2D eigenvalue weighted by molar-refractivity contribution is 5.97. The van der Waals surface area contributed by atoms with Gasteiger partial charge in [-0.2, -0.15) is 0 Å². The number of nitrogens with zero attached hydrogens (tertiary/aromatic N) is 1. The summed E-state index contributed by atoms with van der Waals surface area (Å²) >= 11 is 0. The summed E-state index contributed by atoms with van der Waals surface area (Å²) in [7, 11) is 1.50. The summed E-state index contributed by atoms with van der Waals surface area (Å²) in [5.41, 5.74) is 11.0. The molecule has 24 heavy (non-hydrogen) atoms. The van der Waals surface area contributed by atoms with Gasteiger partial charge >= 0.3 is 0 Å². The zero-order valence-corrected chi connectivity index (χ0v) is 13.9. The molecule has 1 saturated carbocycles. The van der Waals surface area contributed by atoms with E-state index in [1.54, 1.807) is 6.07 Å². The van der Waals surface area contributed by atoms with Crippen molar-refractivity contribution < 1.29 is 9.59 Å². The van der Waals surface area contributed by atoms with Crippen molar-refractivity contribution in [1.82, 2.24) is 10.3 Å². The second kappa shape index (κ2) is 8.40. The Morgan fingerprint density at radius 1 is 1.12 bits per heavy atom. The minimum absolute atomic E-state index is 0.141. The highest BCUT2D eigenvalue weighted by Gasteiger charge is 2.30. The van der Waals surface area contributed by atoms with Crippen LogP contribution in [0.2, 0.25) is 0 Å². The number of carbonyl (C=O) groups excluding carboxylic acids is 2. The Labute approximate surface area is 141 Å². The van der Waals surface area contributed by atoms with Gasteiger partial charge in [-0.1, -0.05) is 37.1 Å². The maximum Gasteiger partial charge on any atom is 0.270 e. The van der Waals surface area contributed by atoms with Crippen molar-refractivity contribution in [1.29, 1.82) is 0 Å². The first-order valence-electron chi connectivity index (χ1n) is 8.19. The van der Waals surface area contributed by atoms with E-state index in [4.69, 9.17) is 5.73 Å². The first kappa shape index (κ1) is 17.9. The van der Waals surface area contributed by atoms with Gasteiger partial charge in [0.25, 0.3) is 5.91 Å². The molecule has 2 aromatic rings. The molecule has 6 nitrogen and oxygen atoms in total. The van der Waals surface area contributed by atoms with Crippen molar-refractivity contribution in [3.05, 3.63) is 42.1 Å². The molecule has 1 aliphatic carbocycles. The van der Waals surface area contributed by atoms with Gasteiger partial charge in [0.15, 0.2) is 0 Å². The molecule has 1 atom stereocenters. The van der Waals surface area contributed by atoms with Crippen molar-refractivity contribution in [3.63, 3.8) is 0 Å². The van der Waals surface area contributed by atoms with Crippen molar-refractivity contribution in [2.45, 2.75) is 31.7 Å². The van der Waals surface area contributed by atoms with E-state index >= 15 is 0 Å². The van der Waals surface area contributed by atoms with Gasteiger partial charge in [-0.3, -0.25) is 9.59 Å². The van der Waals surface area contributed by atoms with Gasteiger partial charge in [0.1, 0.15) is 11.7 Å². The Bertz CT molecular complexity index is 711. The Morgan fingerprint density at radius 3 is 2.46 bits per heavy atom. The number of nitrogens with two attached hydrogens (primary N) is 2. The molecule has 1 aromatic carbocycles. The second-order valence-corrected chi connectivity index (χ2v) is 5.79. The van der Waals surface area contributed by atoms with E-state index in [0.29, 0.717) is 5.69 Å². The Morgan fingerprint density at radius 2 is 1.79 bits per heavy atom. The molecular weight excluding hydrogens is 304 g/mol. The minimum Gasteiger partial charge on any atom is -0.368 e. The second-order valence-electron chi connectivity index (χ2n) is 5.79. The van der Waals surface area contributed by atoms with Gasteiger partial charge in [0.2, 0.25) is 5.91 Å². The average Bonchev–Trinajstić information content (AvgIpc) is 3.14. The van der Waals surface area contributed by atoms with Crippen LogP contribution in [-0.2, 0) is 4.79 Å². The number of fused-ring (bicyclic) bond motifs is 1. The fraction of sp³-hybridized carbons (Fsp3) is 0.389. The molecule has 3 rings (SSSR count). The largest absolute Gasteiger partial charge is 0.368 e. The van der Waals surface area contributed by atoms with Gasteiger partial charge in [0, 0.05) is 5.39 Å². The van der Waals surface area contributed by atoms with E-state index in [1.165, 1.54) is 7.05 Å². The molecule has 0 bridgehead atoms. The maximum absolute atomic E-state index is 12.4. The van der Waals surface area contributed by atoms with Crippen LogP contribution in [0.15, 0.2) is 36.4 Å². The smallest absolute Gasteiger partial charge is 0.270 e. The fourth-order valence-corrected chi connectivity index (χ4v) is 3.12. The Hall–Kier alpha value is -2.47. The summed E-state index contributed by atoms with van der Waals surface area (Å²) in [6.07, 6.45) is 4.02. The quantitative estimate of drug-likeness (QED) is 0.791. The molecule has 128 valence electrons. The molecule has 2 amide bonds. The lowest BCUT2D eigenvalue weighted by molar-refractivity contribution is -0.121. The SMILES string of the molecule is CN.NC(=O)C(NC(=O)c1ccc2ccccc2n1)C1CCCC1. The summed E-state index contributed by atoms with van der Waals surface area (Å²) in [5, 5.41) is 3.74. The number of hydrogen-bond acceptors (Lipinski definition) is 4. The zero-order chi connectivity index (χ0) is 17.5. The molecule has 1 heterocycles. The molecule has 5 N–H and O–H groups in total. The van der Waals surface area contributed by atoms with E-state index in [-0.39, 0.29) is 11.8 Å². The number of para-hydroxylation sites is 1. The van der Waals surface area contributed by atoms with Crippen LogP contribution in [0.4, 0.5) is 0 Å². The molecule has 1 unspecified atom stereocenters. The van der Waals surface area contributed by atoms with Gasteiger partial charge < -0.3 is 16.8 Å². The van der Waals surface area contributed by atoms with Crippen LogP contribution >= 0.6 is 0 Å². The van der Waals surface area contributed by atoms with Crippen LogP contribution in [0, 0.1) is 5.92 Å². The molecule has 6 heteroatoms. The maximum atomic E-state index is 12.4. The molecule has 0 radical (unpaired) electrons. The monoisotopic (exact) mass is 328 g/mol. The van der Waals surface area contributed by atoms with Crippen LogP contribution in [0.5, 0.6) is 0 Å². The molecule has 1 aromatic heterocycles. The molecule has 1 aliphatic rings. The van der Waals surface area contributed by atoms with Crippen LogP contribution in [-0.4, -0.2) is 29.9 Å². The summed E-state index contributed by atoms with van der Waals surface area (Å²) in [4.78, 5) is 28.4. The molecule has 0 aliphatic heterocycles. The minimum atomic E-state index is -0.608. The summed E-state index contributed by atoms with van der Waals surface area (Å²) in [6, 6.07) is 10.5. The van der Waals surface area contributed by atoms with Crippen molar-refractivity contribution in [2.24, 2.45) is 17.4 Å². The first-order valence-corrected chi connectivity index (χ1v) is 8.19. The standard InChI is InChI=1S/C17H19N3O2.CH5N/c18-16(21)15(12-6-1-2-7-12)20-17(22)14-10-9-11-5-3-4-8-13(11)19-14;1-2/h3-5,8-10,12,15H,1-2,6-7H2,(H2,18,21)(H,20,22);2H2,1H3. The van der Waals surface area contributed by atoms with Crippen molar-refractivity contribution >= 4 is 22.7 Å². The third-order valence-electron chi connectivity index (χ3n) is 4.30. The van der Waals surface area contributed by atoms with Crippen molar-refractivity contribution in [2.75, 3.05) is 7.05 Å². The lowest BCUT2D eigenvalue weighted by Crippen LogP contribution is -2.48. The number of pyridine rings is 1. The van der Waals surface area contributed by atoms with Gasteiger partial charge in [0.05, 0.1) is 5.52 Å². The molecule has 0 saturated heterocycles. The molecule has 1 fully saturated rings. The van der Waals surface area contributed by atoms with Crippen LogP contribution in [0.3, 0.4) is 0 Å². The van der Waals surface area contributed by atoms with E-state index in [0.717, 1.165) is 36.6 Å². The highest BCUT2D eigenvalue weighted by atomic mass is 16.2. The Balaban J connectivity index is 0.00000100. The van der Waals surface area contributed by atoms with Crippen LogP contribution in [0.25, 0.3) is 10.9 Å². The Kier molecular flexibility index (Phi) is 6.26. The number of rotatable bonds is 4. The number of aromatic nitrogens is 1. The first-order chi connectivity index (χ1) is 11.6. The summed E-state index contributed by atoms with van der Waals surface area (Å²) in [6.45, 7) is 0. The van der Waals surface area contributed by atoms with E-state index < -0.39 is 11.9 Å². The lowest BCUT2D eigenvalue weighted by atomic mass is 9.97. The predicted octanol–water partition coefficient (Wildman–Crippen LogP) is 1.58. The number of carbonyl (C=O) groups is 2. The number of primary amides is 1. The van der Waals surface area contributed by atoms with Gasteiger partial charge in [-0.25, -0.2) is 4.98 Å². The predicted molar refractivity (Wildman–Crippen MR) is 94.3 cm³/mol.